The molecule has 0 aliphatic rings. The third-order valence-corrected chi connectivity index (χ3v) is 4.24. The van der Waals surface area contributed by atoms with Gasteiger partial charge in [-0.15, -0.1) is 0 Å². The van der Waals surface area contributed by atoms with Crippen molar-refractivity contribution in [3.8, 4) is 0 Å². The van der Waals surface area contributed by atoms with Gasteiger partial charge in [0.25, 0.3) is 0 Å². The number of benzene rings is 1. The normalized spacial score (nSPS) is 13.9. The van der Waals surface area contributed by atoms with E-state index in [9.17, 15) is 26.0 Å². The van der Waals surface area contributed by atoms with Crippen LogP contribution >= 0.6 is 0 Å². The summed E-state index contributed by atoms with van der Waals surface area (Å²) in [6, 6.07) is 6.19. The van der Waals surface area contributed by atoms with Gasteiger partial charge in [0.05, 0.1) is 0 Å². The predicted octanol–water partition coefficient (Wildman–Crippen LogP) is -2.11. The molecule has 84 valence electrons. The summed E-state index contributed by atoms with van der Waals surface area (Å²) in [5.41, 5.74) is 0. The van der Waals surface area contributed by atoms with Gasteiger partial charge < -0.3 is 4.55 Å². The molecule has 0 heterocycles. The van der Waals surface area contributed by atoms with E-state index < -0.39 is 30.4 Å². The molecule has 0 amide bonds. The van der Waals surface area contributed by atoms with E-state index in [2.05, 4.69) is 0 Å². The molecule has 1 aromatic carbocycles. The summed E-state index contributed by atoms with van der Waals surface area (Å²) in [5.74, 6) is 0. The van der Waals surface area contributed by atoms with E-state index in [0.717, 1.165) is 12.1 Å². The van der Waals surface area contributed by atoms with Crippen LogP contribution in [0.15, 0.2) is 35.2 Å². The van der Waals surface area contributed by atoms with Crippen LogP contribution in [0.25, 0.3) is 0 Å². The van der Waals surface area contributed by atoms with Crippen LogP contribution < -0.4 is 18.9 Å². The van der Waals surface area contributed by atoms with Gasteiger partial charge in [-0.2, -0.15) is 8.78 Å². The molecular weight excluding hydrogens is 257 g/mol. The fourth-order valence-electron chi connectivity index (χ4n) is 0.774. The minimum absolute atomic E-state index is 0. The molecule has 0 spiro atoms. The summed E-state index contributed by atoms with van der Waals surface area (Å²) in [5, 5.41) is 0. The van der Waals surface area contributed by atoms with Gasteiger partial charge in [0.2, 0.25) is 0 Å². The van der Waals surface area contributed by atoms with Crippen molar-refractivity contribution in [1.29, 1.82) is 0 Å². The number of halogens is 2. The Kier molecular flexibility index (Phi) is 5.29. The maximum atomic E-state index is 12.8. The van der Waals surface area contributed by atoms with Crippen molar-refractivity contribution < 1.29 is 44.8 Å². The molecule has 0 saturated heterocycles. The summed E-state index contributed by atoms with van der Waals surface area (Å²) in [7, 11) is -9.13. The molecular formula is C7H5F2LiO4S2. The molecule has 16 heavy (non-hydrogen) atoms. The number of hydrogen-bond acceptors (Lipinski definition) is 4. The number of alkyl halides is 2. The second kappa shape index (κ2) is 5.38. The van der Waals surface area contributed by atoms with Crippen LogP contribution in [0, 0.1) is 0 Å². The third-order valence-electron chi connectivity index (χ3n) is 1.46. The molecule has 0 aromatic heterocycles. The van der Waals surface area contributed by atoms with Gasteiger partial charge in [-0.1, -0.05) is 18.2 Å². The van der Waals surface area contributed by atoms with Gasteiger partial charge in [0, 0.05) is 4.90 Å². The molecule has 0 aliphatic carbocycles. The second-order valence-electron chi connectivity index (χ2n) is 2.50. The quantitative estimate of drug-likeness (QED) is 0.462. The zero-order valence-corrected chi connectivity index (χ0v) is 9.73. The SMILES string of the molecule is O=S(c1ccccc1)C(F)(F)S(=O)(=O)[O-].[Li+]. The Morgan fingerprint density at radius 2 is 1.62 bits per heavy atom. The van der Waals surface area contributed by atoms with E-state index in [0.29, 0.717) is 0 Å². The first kappa shape index (κ1) is 15.7. The van der Waals surface area contributed by atoms with Gasteiger partial charge >= 0.3 is 23.4 Å². The van der Waals surface area contributed by atoms with Crippen molar-refractivity contribution in [1.82, 2.24) is 0 Å². The van der Waals surface area contributed by atoms with Crippen LogP contribution in [0.5, 0.6) is 0 Å². The van der Waals surface area contributed by atoms with Gasteiger partial charge in [0.15, 0.2) is 10.1 Å². The molecule has 1 atom stereocenters. The van der Waals surface area contributed by atoms with E-state index in [1.165, 1.54) is 18.2 Å². The average molecular weight is 262 g/mol. The van der Waals surface area contributed by atoms with Crippen molar-refractivity contribution in [2.75, 3.05) is 0 Å². The number of hydrogen-bond donors (Lipinski definition) is 0. The molecule has 0 aliphatic heterocycles. The van der Waals surface area contributed by atoms with Crippen LogP contribution in [0.2, 0.25) is 0 Å². The Bertz CT molecular complexity index is 474. The van der Waals surface area contributed by atoms with Gasteiger partial charge in [-0.3, -0.25) is 0 Å². The summed E-state index contributed by atoms with van der Waals surface area (Å²) < 4.78 is 62.4. The van der Waals surface area contributed by atoms with Crippen molar-refractivity contribution in [3.05, 3.63) is 30.3 Å². The largest absolute Gasteiger partial charge is 1.00 e. The molecule has 1 unspecified atom stereocenters. The fraction of sp³-hybridized carbons (Fsp3) is 0.143. The molecule has 1 rings (SSSR count). The summed E-state index contributed by atoms with van der Waals surface area (Å²) in [6.07, 6.45) is 0. The fourth-order valence-corrected chi connectivity index (χ4v) is 2.48. The first-order valence-corrected chi connectivity index (χ1v) is 6.13. The molecule has 0 radical (unpaired) electrons. The van der Waals surface area contributed by atoms with E-state index in [-0.39, 0.29) is 18.9 Å². The Balaban J connectivity index is 0.00000225. The first-order chi connectivity index (χ1) is 6.77. The van der Waals surface area contributed by atoms with Crippen molar-refractivity contribution in [3.63, 3.8) is 0 Å². The van der Waals surface area contributed by atoms with E-state index in [4.69, 9.17) is 0 Å². The summed E-state index contributed by atoms with van der Waals surface area (Å²) >= 11 is 0. The topological polar surface area (TPSA) is 74.3 Å². The monoisotopic (exact) mass is 262 g/mol. The van der Waals surface area contributed by atoms with Crippen molar-refractivity contribution >= 4 is 20.9 Å². The molecule has 4 nitrogen and oxygen atoms in total. The smallest absolute Gasteiger partial charge is 0.743 e. The molecule has 0 N–H and O–H groups in total. The standard InChI is InChI=1S/C7H6F2O4S2.Li/c8-7(9,15(11,12)13)14(10)6-4-2-1-3-5-6;/h1-5H,(H,11,12,13);/q;+1/p-1. The van der Waals surface area contributed by atoms with Gasteiger partial charge in [-0.25, -0.2) is 12.6 Å². The van der Waals surface area contributed by atoms with Crippen LogP contribution in [-0.4, -0.2) is 21.8 Å². The van der Waals surface area contributed by atoms with E-state index >= 15 is 0 Å². The van der Waals surface area contributed by atoms with Crippen LogP contribution in [0.4, 0.5) is 8.78 Å². The second-order valence-corrected chi connectivity index (χ2v) is 5.70. The Labute approximate surface area is 105 Å². The molecule has 9 heteroatoms. The minimum atomic E-state index is -5.93. The van der Waals surface area contributed by atoms with Gasteiger partial charge in [0.1, 0.15) is 10.8 Å². The first-order valence-electron chi connectivity index (χ1n) is 3.57. The van der Waals surface area contributed by atoms with E-state index in [1.807, 2.05) is 0 Å². The van der Waals surface area contributed by atoms with Crippen molar-refractivity contribution in [2.24, 2.45) is 0 Å². The van der Waals surface area contributed by atoms with Crippen LogP contribution in [0.3, 0.4) is 0 Å². The van der Waals surface area contributed by atoms with Crippen molar-refractivity contribution in [2.45, 2.75) is 9.48 Å². The summed E-state index contributed by atoms with van der Waals surface area (Å²) in [6.45, 7) is 0. The predicted molar refractivity (Wildman–Crippen MR) is 47.5 cm³/mol. The average Bonchev–Trinajstić information content (AvgIpc) is 2.16. The molecule has 0 bridgehead atoms. The van der Waals surface area contributed by atoms with E-state index in [1.54, 1.807) is 0 Å². The Morgan fingerprint density at radius 1 is 1.19 bits per heavy atom. The summed E-state index contributed by atoms with van der Waals surface area (Å²) in [4.78, 5) is -0.415. The Morgan fingerprint density at radius 3 is 2.00 bits per heavy atom. The Hall–Kier alpha value is -0.263. The molecule has 0 fully saturated rings. The zero-order valence-electron chi connectivity index (χ0n) is 8.09. The molecule has 1 aromatic rings. The number of rotatable bonds is 3. The maximum Gasteiger partial charge on any atom is 1.00 e. The molecule has 0 saturated carbocycles. The van der Waals surface area contributed by atoms with Crippen LogP contribution in [-0.2, 0) is 20.9 Å². The maximum absolute atomic E-state index is 12.8. The third kappa shape index (κ3) is 3.12. The van der Waals surface area contributed by atoms with Crippen LogP contribution in [0.1, 0.15) is 0 Å². The minimum Gasteiger partial charge on any atom is -0.743 e. The van der Waals surface area contributed by atoms with Gasteiger partial charge in [-0.05, 0) is 12.1 Å². The zero-order chi connectivity index (χ0) is 11.7.